The molecule has 1 aliphatic rings. The molecule has 0 saturated heterocycles. The zero-order chi connectivity index (χ0) is 18.1. The number of aryl methyl sites for hydroxylation is 2. The number of aromatic nitrogens is 4. The largest absolute Gasteiger partial charge is 0.361 e. The SMILES string of the molecule is Cc1noc(C)c1CSc1nnc(-c2ccccc2Cl)n1C1CCCC1. The van der Waals surface area contributed by atoms with Crippen LogP contribution in [0.5, 0.6) is 0 Å². The number of rotatable bonds is 5. The lowest BCUT2D eigenvalue weighted by Gasteiger charge is -2.17. The van der Waals surface area contributed by atoms with E-state index in [1.807, 2.05) is 38.1 Å². The van der Waals surface area contributed by atoms with Gasteiger partial charge in [-0.2, -0.15) is 0 Å². The molecule has 0 radical (unpaired) electrons. The quantitative estimate of drug-likeness (QED) is 0.531. The first kappa shape index (κ1) is 17.6. The van der Waals surface area contributed by atoms with Gasteiger partial charge in [0.1, 0.15) is 5.76 Å². The van der Waals surface area contributed by atoms with E-state index in [0.717, 1.165) is 52.2 Å². The smallest absolute Gasteiger partial charge is 0.192 e. The fourth-order valence-electron chi connectivity index (χ4n) is 3.54. The Morgan fingerprint density at radius 3 is 2.65 bits per heavy atom. The van der Waals surface area contributed by atoms with E-state index in [2.05, 4.69) is 19.9 Å². The summed E-state index contributed by atoms with van der Waals surface area (Å²) in [5, 5.41) is 14.7. The third-order valence-corrected chi connectivity index (χ3v) is 6.30. The van der Waals surface area contributed by atoms with Crippen molar-refractivity contribution in [1.29, 1.82) is 0 Å². The molecule has 1 saturated carbocycles. The Bertz CT molecular complexity index is 895. The summed E-state index contributed by atoms with van der Waals surface area (Å²) in [4.78, 5) is 0. The zero-order valence-corrected chi connectivity index (χ0v) is 16.5. The number of thioether (sulfide) groups is 1. The van der Waals surface area contributed by atoms with E-state index in [1.165, 1.54) is 12.8 Å². The Hall–Kier alpha value is -1.79. The van der Waals surface area contributed by atoms with Crippen molar-refractivity contribution in [2.75, 3.05) is 0 Å². The molecule has 136 valence electrons. The highest BCUT2D eigenvalue weighted by molar-refractivity contribution is 7.98. The highest BCUT2D eigenvalue weighted by Gasteiger charge is 2.26. The molecular weight excluding hydrogens is 368 g/mol. The summed E-state index contributed by atoms with van der Waals surface area (Å²) in [5.74, 6) is 2.51. The molecule has 1 fully saturated rings. The molecule has 5 nitrogen and oxygen atoms in total. The van der Waals surface area contributed by atoms with Crippen molar-refractivity contribution in [1.82, 2.24) is 19.9 Å². The summed E-state index contributed by atoms with van der Waals surface area (Å²) in [6.07, 6.45) is 4.82. The third-order valence-electron chi connectivity index (χ3n) is 5.00. The van der Waals surface area contributed by atoms with Gasteiger partial charge in [0, 0.05) is 22.9 Å². The fraction of sp³-hybridized carbons (Fsp3) is 0.421. The monoisotopic (exact) mass is 388 g/mol. The second kappa shape index (κ2) is 7.45. The Morgan fingerprint density at radius 1 is 1.19 bits per heavy atom. The lowest BCUT2D eigenvalue weighted by Crippen LogP contribution is -2.08. The van der Waals surface area contributed by atoms with Gasteiger partial charge >= 0.3 is 0 Å². The molecule has 1 aromatic carbocycles. The molecule has 3 aromatic rings. The molecule has 0 spiro atoms. The molecule has 7 heteroatoms. The van der Waals surface area contributed by atoms with E-state index in [-0.39, 0.29) is 0 Å². The van der Waals surface area contributed by atoms with Crippen LogP contribution in [0, 0.1) is 13.8 Å². The minimum Gasteiger partial charge on any atom is -0.361 e. The molecule has 1 aliphatic carbocycles. The van der Waals surface area contributed by atoms with Gasteiger partial charge in [0.15, 0.2) is 11.0 Å². The van der Waals surface area contributed by atoms with E-state index in [9.17, 15) is 0 Å². The van der Waals surface area contributed by atoms with Crippen LogP contribution in [-0.2, 0) is 5.75 Å². The van der Waals surface area contributed by atoms with Crippen molar-refractivity contribution in [3.05, 3.63) is 46.3 Å². The lowest BCUT2D eigenvalue weighted by atomic mass is 10.2. The van der Waals surface area contributed by atoms with E-state index in [4.69, 9.17) is 16.1 Å². The standard InChI is InChI=1S/C19H21ClN4OS/c1-12-16(13(2)25-23-12)11-26-19-22-21-18(15-9-5-6-10-17(15)20)24(19)14-7-3-4-8-14/h5-6,9-10,14H,3-4,7-8,11H2,1-2H3. The second-order valence-electron chi connectivity index (χ2n) is 6.69. The van der Waals surface area contributed by atoms with Crippen LogP contribution in [0.2, 0.25) is 5.02 Å². The van der Waals surface area contributed by atoms with Gasteiger partial charge in [0.2, 0.25) is 0 Å². The maximum absolute atomic E-state index is 6.44. The summed E-state index contributed by atoms with van der Waals surface area (Å²) in [6.45, 7) is 3.93. The van der Waals surface area contributed by atoms with Crippen LogP contribution >= 0.6 is 23.4 Å². The lowest BCUT2D eigenvalue weighted by molar-refractivity contribution is 0.392. The van der Waals surface area contributed by atoms with Gasteiger partial charge in [-0.3, -0.25) is 4.57 Å². The van der Waals surface area contributed by atoms with E-state index in [0.29, 0.717) is 11.1 Å². The first-order valence-electron chi connectivity index (χ1n) is 8.89. The molecule has 2 heterocycles. The predicted octanol–water partition coefficient (Wildman–Crippen LogP) is 5.61. The topological polar surface area (TPSA) is 56.7 Å². The van der Waals surface area contributed by atoms with Gasteiger partial charge in [-0.05, 0) is 38.8 Å². The molecule has 0 atom stereocenters. The molecule has 0 N–H and O–H groups in total. The maximum Gasteiger partial charge on any atom is 0.192 e. The Labute approximate surface area is 162 Å². The van der Waals surface area contributed by atoms with Crippen molar-refractivity contribution >= 4 is 23.4 Å². The number of nitrogens with zero attached hydrogens (tertiary/aromatic N) is 4. The number of hydrogen-bond acceptors (Lipinski definition) is 5. The number of halogens is 1. The van der Waals surface area contributed by atoms with Crippen LogP contribution in [0.15, 0.2) is 33.9 Å². The summed E-state index contributed by atoms with van der Waals surface area (Å²) in [5.41, 5.74) is 3.02. The Morgan fingerprint density at radius 2 is 1.96 bits per heavy atom. The van der Waals surface area contributed by atoms with Crippen LogP contribution in [0.25, 0.3) is 11.4 Å². The van der Waals surface area contributed by atoms with Crippen LogP contribution < -0.4 is 0 Å². The molecule has 2 aromatic heterocycles. The average Bonchev–Trinajstić information content (AvgIpc) is 3.35. The van der Waals surface area contributed by atoms with Gasteiger partial charge in [0.05, 0.1) is 10.7 Å². The van der Waals surface area contributed by atoms with Gasteiger partial charge in [-0.15, -0.1) is 10.2 Å². The van der Waals surface area contributed by atoms with Crippen molar-refractivity contribution in [2.45, 2.75) is 56.5 Å². The van der Waals surface area contributed by atoms with Gasteiger partial charge in [-0.1, -0.05) is 53.5 Å². The van der Waals surface area contributed by atoms with Crippen molar-refractivity contribution < 1.29 is 4.52 Å². The highest BCUT2D eigenvalue weighted by atomic mass is 35.5. The molecule has 4 rings (SSSR count). The summed E-state index contributed by atoms with van der Waals surface area (Å²) >= 11 is 8.13. The predicted molar refractivity (Wildman–Crippen MR) is 104 cm³/mol. The minimum atomic E-state index is 0.434. The first-order valence-corrected chi connectivity index (χ1v) is 10.3. The van der Waals surface area contributed by atoms with Crippen molar-refractivity contribution in [2.24, 2.45) is 0 Å². The number of hydrogen-bond donors (Lipinski definition) is 0. The Balaban J connectivity index is 1.70. The third kappa shape index (κ3) is 3.28. The molecule has 0 bridgehead atoms. The van der Waals surface area contributed by atoms with Crippen LogP contribution in [0.1, 0.15) is 48.7 Å². The highest BCUT2D eigenvalue weighted by Crippen LogP contribution is 2.39. The summed E-state index contributed by atoms with van der Waals surface area (Å²) in [6, 6.07) is 8.28. The van der Waals surface area contributed by atoms with Crippen LogP contribution in [-0.4, -0.2) is 19.9 Å². The maximum atomic E-state index is 6.44. The first-order chi connectivity index (χ1) is 12.6. The minimum absolute atomic E-state index is 0.434. The Kier molecular flexibility index (Phi) is 5.05. The normalized spacial score (nSPS) is 15.0. The summed E-state index contributed by atoms with van der Waals surface area (Å²) < 4.78 is 7.57. The van der Waals surface area contributed by atoms with Crippen molar-refractivity contribution in [3.63, 3.8) is 0 Å². The van der Waals surface area contributed by atoms with E-state index >= 15 is 0 Å². The summed E-state index contributed by atoms with van der Waals surface area (Å²) in [7, 11) is 0. The zero-order valence-electron chi connectivity index (χ0n) is 14.9. The molecule has 0 amide bonds. The van der Waals surface area contributed by atoms with Gasteiger partial charge in [0.25, 0.3) is 0 Å². The molecule has 26 heavy (non-hydrogen) atoms. The van der Waals surface area contributed by atoms with E-state index < -0.39 is 0 Å². The van der Waals surface area contributed by atoms with Gasteiger partial charge in [-0.25, -0.2) is 0 Å². The van der Waals surface area contributed by atoms with Crippen molar-refractivity contribution in [3.8, 4) is 11.4 Å². The molecular formula is C19H21ClN4OS. The van der Waals surface area contributed by atoms with Crippen LogP contribution in [0.3, 0.4) is 0 Å². The fourth-order valence-corrected chi connectivity index (χ4v) is 4.92. The number of benzene rings is 1. The van der Waals surface area contributed by atoms with Crippen LogP contribution in [0.4, 0.5) is 0 Å². The van der Waals surface area contributed by atoms with E-state index in [1.54, 1.807) is 11.8 Å². The molecule has 0 unspecified atom stereocenters. The average molecular weight is 389 g/mol. The van der Waals surface area contributed by atoms with Gasteiger partial charge < -0.3 is 4.52 Å². The molecule has 0 aliphatic heterocycles. The second-order valence-corrected chi connectivity index (χ2v) is 8.04.